The molecule has 1 aliphatic rings. The van der Waals surface area contributed by atoms with E-state index in [9.17, 15) is 4.79 Å². The molecule has 1 saturated carbocycles. The molecule has 25 heavy (non-hydrogen) atoms. The van der Waals surface area contributed by atoms with Crippen molar-refractivity contribution in [2.45, 2.75) is 39.2 Å². The summed E-state index contributed by atoms with van der Waals surface area (Å²) in [4.78, 5) is 13.4. The second kappa shape index (κ2) is 9.54. The van der Waals surface area contributed by atoms with E-state index in [1.807, 2.05) is 12.1 Å². The van der Waals surface area contributed by atoms with Crippen LogP contribution in [0.4, 0.5) is 0 Å². The lowest BCUT2D eigenvalue weighted by molar-refractivity contribution is -0.124. The molecule has 2 N–H and O–H groups in total. The zero-order valence-electron chi connectivity index (χ0n) is 15.4. The summed E-state index contributed by atoms with van der Waals surface area (Å²) in [5.41, 5.74) is 5.19. The maximum absolute atomic E-state index is 11.0. The summed E-state index contributed by atoms with van der Waals surface area (Å²) in [5.74, 6) is 1.00. The summed E-state index contributed by atoms with van der Waals surface area (Å²) in [6, 6.07) is 8.14. The Labute approximate surface area is 151 Å². The van der Waals surface area contributed by atoms with Crippen molar-refractivity contribution in [1.82, 2.24) is 10.4 Å². The quantitative estimate of drug-likeness (QED) is 0.341. The largest absolute Gasteiger partial charge is 0.302 e. The Morgan fingerprint density at radius 3 is 2.64 bits per heavy atom. The molecule has 1 aromatic rings. The zero-order valence-corrected chi connectivity index (χ0v) is 15.4. The number of hydroxylamine groups is 1. The Balaban J connectivity index is 1.85. The van der Waals surface area contributed by atoms with Crippen LogP contribution >= 0.6 is 0 Å². The Bertz CT molecular complexity index is 607. The van der Waals surface area contributed by atoms with E-state index in [0.717, 1.165) is 36.9 Å². The highest BCUT2D eigenvalue weighted by Crippen LogP contribution is 2.34. The van der Waals surface area contributed by atoms with Crippen molar-refractivity contribution in [3.63, 3.8) is 0 Å². The molecule has 1 aromatic carbocycles. The summed E-state index contributed by atoms with van der Waals surface area (Å²) in [5, 5.41) is 8.48. The summed E-state index contributed by atoms with van der Waals surface area (Å²) in [6.45, 7) is 8.54. The van der Waals surface area contributed by atoms with Gasteiger partial charge in [0.15, 0.2) is 0 Å². The fourth-order valence-electron chi connectivity index (χ4n) is 3.75. The lowest BCUT2D eigenvalue weighted by atomic mass is 9.77. The van der Waals surface area contributed by atoms with E-state index in [1.165, 1.54) is 36.5 Å². The van der Waals surface area contributed by atoms with Crippen LogP contribution in [-0.2, 0) is 11.3 Å². The van der Waals surface area contributed by atoms with Crippen molar-refractivity contribution in [2.75, 3.05) is 13.6 Å². The second-order valence-corrected chi connectivity index (χ2v) is 7.28. The summed E-state index contributed by atoms with van der Waals surface area (Å²) in [6.07, 6.45) is 7.93. The molecule has 0 aliphatic heterocycles. The number of nitrogens with zero attached hydrogens (tertiary/aromatic N) is 1. The monoisotopic (exact) mass is 342 g/mol. The van der Waals surface area contributed by atoms with Crippen LogP contribution in [-0.4, -0.2) is 29.6 Å². The molecular formula is C21H30N2O2. The highest BCUT2D eigenvalue weighted by Gasteiger charge is 2.23. The number of carbonyl (C=O) groups excluding carboxylic acids is 1. The van der Waals surface area contributed by atoms with Gasteiger partial charge in [0, 0.05) is 19.2 Å². The van der Waals surface area contributed by atoms with Crippen molar-refractivity contribution in [1.29, 1.82) is 0 Å². The van der Waals surface area contributed by atoms with Gasteiger partial charge in [-0.15, -0.1) is 0 Å². The van der Waals surface area contributed by atoms with Crippen LogP contribution in [0.15, 0.2) is 42.5 Å². The third-order valence-corrected chi connectivity index (χ3v) is 4.94. The molecule has 1 fully saturated rings. The third-order valence-electron chi connectivity index (χ3n) is 4.94. The predicted molar refractivity (Wildman–Crippen MR) is 102 cm³/mol. The summed E-state index contributed by atoms with van der Waals surface area (Å²) < 4.78 is 0. The molecule has 0 bridgehead atoms. The molecule has 0 radical (unpaired) electrons. The highest BCUT2D eigenvalue weighted by molar-refractivity contribution is 5.90. The first kappa shape index (κ1) is 19.4. The maximum Gasteiger partial charge on any atom is 0.267 e. The van der Waals surface area contributed by atoms with Gasteiger partial charge in [-0.25, -0.2) is 5.48 Å². The van der Waals surface area contributed by atoms with Crippen LogP contribution in [0.1, 0.15) is 43.7 Å². The van der Waals surface area contributed by atoms with E-state index in [1.54, 1.807) is 11.6 Å². The number of hydrogen-bond acceptors (Lipinski definition) is 3. The van der Waals surface area contributed by atoms with Gasteiger partial charge >= 0.3 is 0 Å². The van der Waals surface area contributed by atoms with Crippen molar-refractivity contribution in [3.8, 4) is 0 Å². The van der Waals surface area contributed by atoms with Gasteiger partial charge in [0.2, 0.25) is 0 Å². The zero-order chi connectivity index (χ0) is 18.2. The number of nitrogens with one attached hydrogen (secondary N) is 1. The lowest BCUT2D eigenvalue weighted by Gasteiger charge is -2.32. The summed E-state index contributed by atoms with van der Waals surface area (Å²) in [7, 11) is 2.18. The van der Waals surface area contributed by atoms with Crippen LogP contribution in [0.2, 0.25) is 0 Å². The second-order valence-electron chi connectivity index (χ2n) is 7.28. The number of allylic oxidation sites excluding steroid dienone is 1. The van der Waals surface area contributed by atoms with Crippen LogP contribution in [0, 0.1) is 11.8 Å². The molecule has 4 heteroatoms. The van der Waals surface area contributed by atoms with Crippen LogP contribution in [0.3, 0.4) is 0 Å². The van der Waals surface area contributed by atoms with Gasteiger partial charge in [-0.1, -0.05) is 49.8 Å². The molecule has 4 nitrogen and oxygen atoms in total. The van der Waals surface area contributed by atoms with E-state index in [0.29, 0.717) is 0 Å². The SMILES string of the molecule is C=C1CC(CC)CC(CN(C)Cc2ccc(/C=C/C(=O)NO)cc2)C1. The number of benzene rings is 1. The molecule has 0 heterocycles. The molecular weight excluding hydrogens is 312 g/mol. The van der Waals surface area contributed by atoms with Crippen molar-refractivity contribution < 1.29 is 10.0 Å². The molecule has 2 atom stereocenters. The number of rotatable bonds is 7. The first-order chi connectivity index (χ1) is 12.0. The van der Waals surface area contributed by atoms with Crippen molar-refractivity contribution in [2.24, 2.45) is 11.8 Å². The fraction of sp³-hybridized carbons (Fsp3) is 0.476. The van der Waals surface area contributed by atoms with Gasteiger partial charge in [-0.05, 0) is 55.3 Å². The van der Waals surface area contributed by atoms with E-state index in [-0.39, 0.29) is 0 Å². The standard InChI is InChI=1S/C21H30N2O2/c1-4-17-11-16(2)12-20(13-17)15-23(3)14-19-7-5-18(6-8-19)9-10-21(24)22-25/h5-10,17,20,25H,2,4,11-15H2,1,3H3,(H,22,24)/b10-9+. The molecule has 0 spiro atoms. The normalized spacial score (nSPS) is 21.0. The van der Waals surface area contributed by atoms with E-state index in [2.05, 4.69) is 37.6 Å². The van der Waals surface area contributed by atoms with Gasteiger partial charge in [0.1, 0.15) is 0 Å². The molecule has 136 valence electrons. The van der Waals surface area contributed by atoms with Crippen molar-refractivity contribution in [3.05, 3.63) is 53.6 Å². The van der Waals surface area contributed by atoms with Gasteiger partial charge in [0.25, 0.3) is 5.91 Å². The molecule has 1 aliphatic carbocycles. The fourth-order valence-corrected chi connectivity index (χ4v) is 3.75. The minimum atomic E-state index is -0.525. The summed E-state index contributed by atoms with van der Waals surface area (Å²) >= 11 is 0. The minimum Gasteiger partial charge on any atom is -0.302 e. The maximum atomic E-state index is 11.0. The first-order valence-corrected chi connectivity index (χ1v) is 9.06. The average Bonchev–Trinajstić information content (AvgIpc) is 2.60. The Kier molecular flexibility index (Phi) is 7.41. The third kappa shape index (κ3) is 6.48. The van der Waals surface area contributed by atoms with Crippen molar-refractivity contribution >= 4 is 12.0 Å². The Morgan fingerprint density at radius 2 is 2.00 bits per heavy atom. The van der Waals surface area contributed by atoms with E-state index < -0.39 is 5.91 Å². The number of amides is 1. The smallest absolute Gasteiger partial charge is 0.267 e. The number of hydrogen-bond donors (Lipinski definition) is 2. The highest BCUT2D eigenvalue weighted by atomic mass is 16.5. The molecule has 0 aromatic heterocycles. The Morgan fingerprint density at radius 1 is 1.32 bits per heavy atom. The van der Waals surface area contributed by atoms with Gasteiger partial charge in [0.05, 0.1) is 0 Å². The number of carbonyl (C=O) groups is 1. The van der Waals surface area contributed by atoms with E-state index in [4.69, 9.17) is 5.21 Å². The topological polar surface area (TPSA) is 52.6 Å². The first-order valence-electron chi connectivity index (χ1n) is 9.06. The minimum absolute atomic E-state index is 0.525. The lowest BCUT2D eigenvalue weighted by Crippen LogP contribution is -2.29. The van der Waals surface area contributed by atoms with Gasteiger partial charge in [-0.3, -0.25) is 10.0 Å². The van der Waals surface area contributed by atoms with Crippen LogP contribution in [0.5, 0.6) is 0 Å². The predicted octanol–water partition coefficient (Wildman–Crippen LogP) is 4.02. The average molecular weight is 342 g/mol. The van der Waals surface area contributed by atoms with Gasteiger partial charge < -0.3 is 4.90 Å². The molecule has 2 rings (SSSR count). The van der Waals surface area contributed by atoms with Gasteiger partial charge in [-0.2, -0.15) is 0 Å². The van der Waals surface area contributed by atoms with E-state index >= 15 is 0 Å². The Hall–Kier alpha value is -1.91. The molecule has 1 amide bonds. The molecule has 0 saturated heterocycles. The van der Waals surface area contributed by atoms with Crippen LogP contribution < -0.4 is 5.48 Å². The van der Waals surface area contributed by atoms with Crippen LogP contribution in [0.25, 0.3) is 6.08 Å². The molecule has 2 unspecified atom stereocenters.